The molecule has 0 saturated carbocycles. The molecule has 1 rings (SSSR count). The zero-order chi connectivity index (χ0) is 17.9. The Kier molecular flexibility index (Phi) is 10.7. The fourth-order valence-corrected chi connectivity index (χ4v) is 1.63. The predicted octanol–water partition coefficient (Wildman–Crippen LogP) is 1.41. The number of hydrogen-bond acceptors (Lipinski definition) is 4. The molecular formula is C13H16Cl2F3NO4. The number of benzene rings is 1. The van der Waals surface area contributed by atoms with Crippen LogP contribution in [-0.4, -0.2) is 25.4 Å². The van der Waals surface area contributed by atoms with Crippen molar-refractivity contribution < 1.29 is 38.5 Å². The molecule has 0 unspecified atom stereocenters. The van der Waals surface area contributed by atoms with E-state index in [1.807, 2.05) is 18.2 Å². The SMILES string of the molecule is O=C([O-])C(F)(F)F.[NH3+]OCCCOc1cc(CCl)cc(CCl)c1. The summed E-state index contributed by atoms with van der Waals surface area (Å²) < 4.78 is 37.1. The zero-order valence-electron chi connectivity index (χ0n) is 12.0. The Balaban J connectivity index is 0.000000585. The zero-order valence-corrected chi connectivity index (χ0v) is 13.5. The van der Waals surface area contributed by atoms with Gasteiger partial charge in [0.05, 0.1) is 6.61 Å². The molecule has 0 spiro atoms. The summed E-state index contributed by atoms with van der Waals surface area (Å²) in [5.41, 5.74) is 2.03. The Hall–Kier alpha value is -1.22. The molecule has 5 nitrogen and oxygen atoms in total. The van der Waals surface area contributed by atoms with E-state index in [1.54, 1.807) is 0 Å². The predicted molar refractivity (Wildman–Crippen MR) is 75.6 cm³/mol. The van der Waals surface area contributed by atoms with Gasteiger partial charge in [0.25, 0.3) is 0 Å². The van der Waals surface area contributed by atoms with Gasteiger partial charge in [-0.05, 0) is 23.3 Å². The Bertz CT molecular complexity index is 465. The number of carbonyl (C=O) groups excluding carboxylic acids is 1. The van der Waals surface area contributed by atoms with Crippen molar-refractivity contribution in [3.8, 4) is 5.75 Å². The summed E-state index contributed by atoms with van der Waals surface area (Å²) in [6.45, 7) is 1.19. The lowest BCUT2D eigenvalue weighted by Gasteiger charge is -2.08. The van der Waals surface area contributed by atoms with Gasteiger partial charge in [0, 0.05) is 18.2 Å². The minimum Gasteiger partial charge on any atom is -0.542 e. The maximum absolute atomic E-state index is 10.5. The van der Waals surface area contributed by atoms with Crippen LogP contribution in [0, 0.1) is 0 Å². The largest absolute Gasteiger partial charge is 0.542 e. The standard InChI is InChI=1S/C11H16Cl2NO2.C2HF3O2/c12-7-9-4-10(8-13)6-11(5-9)15-2-1-3-16-14;3-2(4,5)1(6)7/h4-6H,1-3,7-8H2,14H3;(H,6,7)/q+1;/p-1. The Morgan fingerprint density at radius 2 is 1.61 bits per heavy atom. The molecule has 0 aromatic heterocycles. The van der Waals surface area contributed by atoms with Crippen molar-refractivity contribution in [2.45, 2.75) is 24.4 Å². The van der Waals surface area contributed by atoms with Crippen molar-refractivity contribution in [3.05, 3.63) is 29.3 Å². The monoisotopic (exact) mass is 377 g/mol. The van der Waals surface area contributed by atoms with Crippen LogP contribution in [0.1, 0.15) is 17.5 Å². The lowest BCUT2D eigenvalue weighted by molar-refractivity contribution is -0.689. The van der Waals surface area contributed by atoms with Gasteiger partial charge >= 0.3 is 6.18 Å². The molecule has 0 bridgehead atoms. The lowest BCUT2D eigenvalue weighted by atomic mass is 10.1. The van der Waals surface area contributed by atoms with Gasteiger partial charge in [-0.3, -0.25) is 0 Å². The molecule has 0 saturated heterocycles. The molecule has 0 atom stereocenters. The summed E-state index contributed by atoms with van der Waals surface area (Å²) in [7, 11) is 0. The average molecular weight is 378 g/mol. The molecule has 0 heterocycles. The molecule has 1 aromatic rings. The normalized spacial score (nSPS) is 10.7. The first-order valence-electron chi connectivity index (χ1n) is 6.27. The third kappa shape index (κ3) is 10.2. The molecule has 0 radical (unpaired) electrons. The summed E-state index contributed by atoms with van der Waals surface area (Å²) in [5, 5.41) is 8.78. The van der Waals surface area contributed by atoms with Crippen LogP contribution in [0.2, 0.25) is 0 Å². The highest BCUT2D eigenvalue weighted by molar-refractivity contribution is 6.17. The van der Waals surface area contributed by atoms with Crippen LogP contribution in [0.3, 0.4) is 0 Å². The van der Waals surface area contributed by atoms with Crippen LogP contribution in [0.25, 0.3) is 0 Å². The number of carbonyl (C=O) groups is 1. The number of ether oxygens (including phenoxy) is 1. The summed E-state index contributed by atoms with van der Waals surface area (Å²) in [5.74, 6) is 2.01. The number of halogens is 5. The summed E-state index contributed by atoms with van der Waals surface area (Å²) in [6.07, 6.45) is -4.38. The van der Waals surface area contributed by atoms with Crippen LogP contribution in [-0.2, 0) is 21.4 Å². The Labute approximate surface area is 141 Å². The first-order chi connectivity index (χ1) is 10.7. The number of carboxylic acids is 1. The number of quaternary nitrogens is 1. The first-order valence-corrected chi connectivity index (χ1v) is 7.34. The van der Waals surface area contributed by atoms with E-state index < -0.39 is 12.1 Å². The molecule has 23 heavy (non-hydrogen) atoms. The quantitative estimate of drug-likeness (QED) is 0.442. The van der Waals surface area contributed by atoms with Crippen molar-refractivity contribution >= 4 is 29.2 Å². The van der Waals surface area contributed by atoms with Gasteiger partial charge in [0.1, 0.15) is 18.3 Å². The molecule has 0 aliphatic carbocycles. The van der Waals surface area contributed by atoms with Crippen molar-refractivity contribution in [3.63, 3.8) is 0 Å². The number of aliphatic carboxylic acids is 1. The third-order valence-corrected chi connectivity index (χ3v) is 2.89. The van der Waals surface area contributed by atoms with Gasteiger partial charge in [-0.25, -0.2) is 10.7 Å². The third-order valence-electron chi connectivity index (χ3n) is 2.27. The molecule has 0 fully saturated rings. The highest BCUT2D eigenvalue weighted by Crippen LogP contribution is 2.20. The van der Waals surface area contributed by atoms with E-state index in [9.17, 15) is 13.2 Å². The van der Waals surface area contributed by atoms with Gasteiger partial charge in [-0.1, -0.05) is 6.07 Å². The fourth-order valence-electron chi connectivity index (χ4n) is 1.32. The molecule has 0 aliphatic heterocycles. The Morgan fingerprint density at radius 3 is 1.96 bits per heavy atom. The van der Waals surface area contributed by atoms with E-state index >= 15 is 0 Å². The van der Waals surface area contributed by atoms with Gasteiger partial charge in [-0.2, -0.15) is 13.2 Å². The molecule has 132 valence electrons. The highest BCUT2D eigenvalue weighted by atomic mass is 35.5. The van der Waals surface area contributed by atoms with Crippen molar-refractivity contribution in [2.75, 3.05) is 13.2 Å². The van der Waals surface area contributed by atoms with E-state index in [4.69, 9.17) is 42.7 Å². The van der Waals surface area contributed by atoms with Crippen LogP contribution < -0.4 is 15.7 Å². The minimum absolute atomic E-state index is 0.461. The summed E-state index contributed by atoms with van der Waals surface area (Å²) in [4.78, 5) is 13.5. The molecule has 3 N–H and O–H groups in total. The molecule has 0 aliphatic rings. The Morgan fingerprint density at radius 1 is 1.13 bits per heavy atom. The summed E-state index contributed by atoms with van der Waals surface area (Å²) >= 11 is 11.6. The van der Waals surface area contributed by atoms with E-state index in [1.165, 1.54) is 0 Å². The van der Waals surface area contributed by atoms with E-state index in [2.05, 4.69) is 5.90 Å². The summed E-state index contributed by atoms with van der Waals surface area (Å²) in [6, 6.07) is 5.83. The highest BCUT2D eigenvalue weighted by Gasteiger charge is 2.28. The molecule has 0 amide bonds. The maximum Gasteiger partial charge on any atom is 0.430 e. The van der Waals surface area contributed by atoms with Crippen LogP contribution >= 0.6 is 23.2 Å². The van der Waals surface area contributed by atoms with E-state index in [0.29, 0.717) is 25.0 Å². The lowest BCUT2D eigenvalue weighted by Crippen LogP contribution is -2.49. The van der Waals surface area contributed by atoms with Gasteiger partial charge in [0.15, 0.2) is 0 Å². The number of carboxylic acid groups (broad SMARTS) is 1. The molecular weight excluding hydrogens is 362 g/mol. The topological polar surface area (TPSA) is 86.2 Å². The molecule has 10 heteroatoms. The number of hydrogen-bond donors (Lipinski definition) is 1. The van der Waals surface area contributed by atoms with Gasteiger partial charge in [-0.15, -0.1) is 23.2 Å². The number of rotatable bonds is 7. The van der Waals surface area contributed by atoms with Crippen LogP contribution in [0.4, 0.5) is 13.2 Å². The fraction of sp³-hybridized carbons (Fsp3) is 0.462. The van der Waals surface area contributed by atoms with E-state index in [-0.39, 0.29) is 0 Å². The van der Waals surface area contributed by atoms with Crippen LogP contribution in [0.5, 0.6) is 5.75 Å². The number of alkyl halides is 5. The minimum atomic E-state index is -5.19. The first kappa shape index (κ1) is 21.8. The second-order valence-electron chi connectivity index (χ2n) is 4.15. The average Bonchev–Trinajstić information content (AvgIpc) is 2.50. The van der Waals surface area contributed by atoms with Crippen molar-refractivity contribution in [2.24, 2.45) is 0 Å². The second kappa shape index (κ2) is 11.3. The maximum atomic E-state index is 10.5. The van der Waals surface area contributed by atoms with Gasteiger partial charge < -0.3 is 14.6 Å². The smallest absolute Gasteiger partial charge is 0.430 e. The molecule has 1 aromatic carbocycles. The van der Waals surface area contributed by atoms with Crippen molar-refractivity contribution in [1.29, 1.82) is 0 Å². The van der Waals surface area contributed by atoms with Gasteiger partial charge in [0.2, 0.25) is 0 Å². The van der Waals surface area contributed by atoms with Crippen molar-refractivity contribution in [1.82, 2.24) is 0 Å². The second-order valence-corrected chi connectivity index (χ2v) is 4.68. The van der Waals surface area contributed by atoms with E-state index in [0.717, 1.165) is 23.3 Å². The van der Waals surface area contributed by atoms with Crippen LogP contribution in [0.15, 0.2) is 18.2 Å².